The first-order valence-corrected chi connectivity index (χ1v) is 8.65. The van der Waals surface area contributed by atoms with Gasteiger partial charge < -0.3 is 15.0 Å². The number of ketones is 1. The smallest absolute Gasteiger partial charge is 0.316 e. The van der Waals surface area contributed by atoms with E-state index in [0.29, 0.717) is 5.02 Å². The number of allylic oxidation sites excluding steroid dienone is 2. The molecule has 1 amide bonds. The third kappa shape index (κ3) is 6.41. The number of halogens is 1. The molecule has 2 aromatic rings. The molecule has 0 spiro atoms. The Balaban J connectivity index is 0.000000425. The second-order valence-corrected chi connectivity index (χ2v) is 6.42. The van der Waals surface area contributed by atoms with E-state index in [-0.39, 0.29) is 44.1 Å². The molecule has 3 rings (SSSR count). The Morgan fingerprint density at radius 3 is 2.57 bits per heavy atom. The first-order valence-electron chi connectivity index (χ1n) is 8.27. The first-order chi connectivity index (χ1) is 12.8. The first kappa shape index (κ1) is 23.8. The average molecular weight is 577 g/mol. The standard InChI is InChI=1S/C16H12ClN2O.C5H8O2.Ir/c1-19-14-8-7-12(17)9-13(14)16(18-10-15(19)20)11-5-3-2-4-6-11;1-4(6)3-5(2)7;/h2-5,7-9H,10H2,1H3;3,6H,1-2H3;/q-1;;/p+1/b;4-3-;. The van der Waals surface area contributed by atoms with Crippen LogP contribution in [0.4, 0.5) is 5.69 Å². The fraction of sp³-hybridized carbons (Fsp3) is 0.190. The van der Waals surface area contributed by atoms with Crippen molar-refractivity contribution in [1.82, 2.24) is 0 Å². The van der Waals surface area contributed by atoms with Gasteiger partial charge in [-0.15, -0.1) is 35.9 Å². The van der Waals surface area contributed by atoms with Gasteiger partial charge in [0, 0.05) is 37.9 Å². The number of fused-ring (bicyclic) bond motifs is 1. The van der Waals surface area contributed by atoms with Gasteiger partial charge in [0.25, 0.3) is 0 Å². The van der Waals surface area contributed by atoms with Crippen molar-refractivity contribution < 1.29 is 34.8 Å². The summed E-state index contributed by atoms with van der Waals surface area (Å²) in [6, 6.07) is 16.2. The number of anilines is 1. The molecular formula is C21H21ClIrN2O3. The summed E-state index contributed by atoms with van der Waals surface area (Å²) < 4.78 is 0. The molecule has 1 aliphatic heterocycles. The summed E-state index contributed by atoms with van der Waals surface area (Å²) in [5.74, 6) is 0.208. The molecule has 28 heavy (non-hydrogen) atoms. The third-order valence-electron chi connectivity index (χ3n) is 3.70. The minimum atomic E-state index is -0.0421. The van der Waals surface area contributed by atoms with Crippen LogP contribution >= 0.6 is 11.6 Å². The molecule has 1 radical (unpaired) electrons. The summed E-state index contributed by atoms with van der Waals surface area (Å²) in [4.78, 5) is 26.5. The Labute approximate surface area is 183 Å². The van der Waals surface area contributed by atoms with Crippen molar-refractivity contribution in [2.75, 3.05) is 18.5 Å². The van der Waals surface area contributed by atoms with Gasteiger partial charge >= 0.3 is 5.78 Å². The van der Waals surface area contributed by atoms with Crippen molar-refractivity contribution in [3.8, 4) is 0 Å². The fourth-order valence-corrected chi connectivity index (χ4v) is 2.71. The molecule has 0 aliphatic carbocycles. The van der Waals surface area contributed by atoms with Crippen LogP contribution in [0.2, 0.25) is 5.02 Å². The maximum atomic E-state index is 12.0. The van der Waals surface area contributed by atoms with Crippen LogP contribution in [0, 0.1) is 6.07 Å². The predicted molar refractivity (Wildman–Crippen MR) is 110 cm³/mol. The van der Waals surface area contributed by atoms with Crippen LogP contribution in [0.5, 0.6) is 0 Å². The normalized spacial score (nSPS) is 13.3. The molecule has 0 fully saturated rings. The van der Waals surface area contributed by atoms with Gasteiger partial charge in [-0.2, -0.15) is 0 Å². The van der Waals surface area contributed by atoms with Gasteiger partial charge in [0.2, 0.25) is 5.91 Å². The molecule has 2 N–H and O–H groups in total. The van der Waals surface area contributed by atoms with Crippen molar-refractivity contribution in [1.29, 1.82) is 0 Å². The van der Waals surface area contributed by atoms with E-state index in [9.17, 15) is 4.79 Å². The number of hydrogen-bond donors (Lipinski definition) is 1. The summed E-state index contributed by atoms with van der Waals surface area (Å²) in [7, 11) is 1.75. The number of aliphatic imine (C=N–C) groups is 1. The van der Waals surface area contributed by atoms with Crippen LogP contribution in [0.3, 0.4) is 0 Å². The number of nitrogens with zero attached hydrogens (tertiary/aromatic N) is 2. The van der Waals surface area contributed by atoms with Crippen LogP contribution in [0.25, 0.3) is 0 Å². The van der Waals surface area contributed by atoms with Crippen molar-refractivity contribution in [3.63, 3.8) is 0 Å². The molecule has 0 saturated heterocycles. The summed E-state index contributed by atoms with van der Waals surface area (Å²) in [6.07, 6.45) is 1.28. The second-order valence-electron chi connectivity index (χ2n) is 5.98. The van der Waals surface area contributed by atoms with Crippen molar-refractivity contribution in [3.05, 3.63) is 76.5 Å². The van der Waals surface area contributed by atoms with Crippen molar-refractivity contribution >= 4 is 34.7 Å². The van der Waals surface area contributed by atoms with E-state index in [1.807, 2.05) is 36.4 Å². The zero-order valence-electron chi connectivity index (χ0n) is 15.7. The number of rotatable bonds is 2. The Bertz CT molecular complexity index is 907. The second kappa shape index (κ2) is 10.9. The quantitative estimate of drug-likeness (QED) is 0.254. The van der Waals surface area contributed by atoms with Crippen LogP contribution in [-0.4, -0.2) is 40.9 Å². The number of carbonyl (C=O) groups is 1. The molecule has 1 aliphatic rings. The van der Waals surface area contributed by atoms with Crippen LogP contribution in [0.1, 0.15) is 25.0 Å². The Hall–Kier alpha value is -2.27. The van der Waals surface area contributed by atoms with Gasteiger partial charge in [0.15, 0.2) is 0 Å². The van der Waals surface area contributed by atoms with Crippen LogP contribution in [0.15, 0.2) is 59.3 Å². The van der Waals surface area contributed by atoms with Crippen molar-refractivity contribution in [2.45, 2.75) is 13.8 Å². The molecule has 0 bridgehead atoms. The van der Waals surface area contributed by atoms with E-state index in [2.05, 4.69) is 11.1 Å². The van der Waals surface area contributed by atoms with Gasteiger partial charge in [-0.05, 0) is 36.4 Å². The number of aliphatic hydroxyl groups is 1. The van der Waals surface area contributed by atoms with E-state index < -0.39 is 0 Å². The molecule has 2 aromatic carbocycles. The summed E-state index contributed by atoms with van der Waals surface area (Å²) in [5, 5.41) is 9.02. The zero-order chi connectivity index (χ0) is 20.0. The Kier molecular flexibility index (Phi) is 9.26. The molecule has 5 nitrogen and oxygen atoms in total. The number of hydrogen-bond acceptors (Lipinski definition) is 3. The SMILES string of the molecule is CC(=[OH+])/C=C(/C)O.CN1C(=O)CN=C(c2[c-]cccc2)c2cc(Cl)ccc21.[Ir]. The topological polar surface area (TPSA) is 74.3 Å². The molecule has 0 atom stereocenters. The van der Waals surface area contributed by atoms with E-state index in [1.165, 1.54) is 19.9 Å². The number of carbonyl (C=O) groups excluding carboxylic acids is 2. The fourth-order valence-electron chi connectivity index (χ4n) is 2.54. The minimum absolute atomic E-state index is 0. The third-order valence-corrected chi connectivity index (χ3v) is 3.94. The van der Waals surface area contributed by atoms with Crippen LogP contribution in [-0.2, 0) is 24.9 Å². The van der Waals surface area contributed by atoms with E-state index >= 15 is 0 Å². The Morgan fingerprint density at radius 2 is 2.04 bits per heavy atom. The van der Waals surface area contributed by atoms with Crippen molar-refractivity contribution in [2.24, 2.45) is 4.99 Å². The monoisotopic (exact) mass is 577 g/mol. The molecule has 0 aromatic heterocycles. The van der Waals surface area contributed by atoms with Gasteiger partial charge in [-0.1, -0.05) is 11.6 Å². The molecule has 1 heterocycles. The van der Waals surface area contributed by atoms with E-state index in [0.717, 1.165) is 22.5 Å². The van der Waals surface area contributed by atoms with Crippen LogP contribution < -0.4 is 4.90 Å². The van der Waals surface area contributed by atoms with Gasteiger partial charge in [0.05, 0.1) is 18.8 Å². The largest absolute Gasteiger partial charge is 0.512 e. The number of amides is 1. The average Bonchev–Trinajstić information content (AvgIpc) is 2.72. The maximum absolute atomic E-state index is 12.0. The maximum Gasteiger partial charge on any atom is 0.316 e. The van der Waals surface area contributed by atoms with E-state index in [4.69, 9.17) is 21.5 Å². The zero-order valence-corrected chi connectivity index (χ0v) is 18.9. The van der Waals surface area contributed by atoms with Gasteiger partial charge in [0.1, 0.15) is 6.54 Å². The summed E-state index contributed by atoms with van der Waals surface area (Å²) in [5.41, 5.74) is 3.28. The number of likely N-dealkylation sites (N-methyl/N-ethyl adjacent to an activating group) is 1. The summed E-state index contributed by atoms with van der Waals surface area (Å²) >= 11 is 6.10. The Morgan fingerprint density at radius 1 is 1.32 bits per heavy atom. The molecule has 0 unspecified atom stereocenters. The molecule has 7 heteroatoms. The number of benzene rings is 2. The minimum Gasteiger partial charge on any atom is -0.512 e. The summed E-state index contributed by atoms with van der Waals surface area (Å²) in [6.45, 7) is 3.13. The van der Waals surface area contributed by atoms with E-state index in [1.54, 1.807) is 18.0 Å². The molecule has 0 saturated carbocycles. The predicted octanol–water partition coefficient (Wildman–Crippen LogP) is 3.96. The number of benzodiazepines with no additional fused rings is 1. The molecule has 149 valence electrons. The van der Waals surface area contributed by atoms with Gasteiger partial charge in [-0.3, -0.25) is 9.59 Å². The number of aliphatic hydroxyl groups excluding tert-OH is 1. The van der Waals surface area contributed by atoms with Gasteiger partial charge in [-0.25, -0.2) is 0 Å². The molecular weight excluding hydrogens is 556 g/mol.